The van der Waals surface area contributed by atoms with E-state index in [0.717, 1.165) is 11.3 Å². The normalized spacial score (nSPS) is 11.9. The van der Waals surface area contributed by atoms with Gasteiger partial charge in [-0.3, -0.25) is 15.0 Å². The smallest absolute Gasteiger partial charge is 0.256 e. The number of benzene rings is 1. The van der Waals surface area contributed by atoms with Gasteiger partial charge in [0.1, 0.15) is 11.8 Å². The van der Waals surface area contributed by atoms with Crippen molar-refractivity contribution in [2.45, 2.75) is 39.3 Å². The molecule has 3 N–H and O–H groups in total. The molecule has 6 nitrogen and oxygen atoms in total. The molecule has 1 aromatic rings. The number of hydrogen-bond acceptors (Lipinski definition) is 4. The summed E-state index contributed by atoms with van der Waals surface area (Å²) in [4.78, 5) is 23.1. The third-order valence-corrected chi connectivity index (χ3v) is 2.68. The van der Waals surface area contributed by atoms with Crippen LogP contribution in [0.15, 0.2) is 24.3 Å². The van der Waals surface area contributed by atoms with Crippen molar-refractivity contribution in [1.29, 1.82) is 0 Å². The molecule has 0 aliphatic heterocycles. The quantitative estimate of drug-likeness (QED) is 0.649. The highest BCUT2D eigenvalue weighted by Crippen LogP contribution is 2.15. The van der Waals surface area contributed by atoms with Gasteiger partial charge in [0.2, 0.25) is 5.91 Å². The second-order valence-corrected chi connectivity index (χ2v) is 5.01. The van der Waals surface area contributed by atoms with Crippen molar-refractivity contribution >= 4 is 11.8 Å². The fourth-order valence-electron chi connectivity index (χ4n) is 1.88. The number of hydrogen-bond donors (Lipinski definition) is 3. The fourth-order valence-corrected chi connectivity index (χ4v) is 1.88. The van der Waals surface area contributed by atoms with Crippen LogP contribution >= 0.6 is 0 Å². The SMILES string of the molecule is CNNC(=O)[C@@H](Cc1ccc(OC(C)C)cc1)NC(C)=O. The Morgan fingerprint density at radius 3 is 2.29 bits per heavy atom. The van der Waals surface area contributed by atoms with Crippen LogP contribution in [-0.2, 0) is 16.0 Å². The largest absolute Gasteiger partial charge is 0.491 e. The maximum Gasteiger partial charge on any atom is 0.256 e. The van der Waals surface area contributed by atoms with E-state index in [0.29, 0.717) is 6.42 Å². The molecule has 1 aromatic carbocycles. The molecule has 0 heterocycles. The third-order valence-electron chi connectivity index (χ3n) is 2.68. The minimum Gasteiger partial charge on any atom is -0.491 e. The first kappa shape index (κ1) is 17.0. The van der Waals surface area contributed by atoms with Gasteiger partial charge in [0.15, 0.2) is 0 Å². The molecule has 21 heavy (non-hydrogen) atoms. The topological polar surface area (TPSA) is 79.5 Å². The number of nitrogens with one attached hydrogen (secondary N) is 3. The molecule has 2 amide bonds. The Labute approximate surface area is 125 Å². The number of ether oxygens (including phenoxy) is 1. The Bertz CT molecular complexity index is 472. The summed E-state index contributed by atoms with van der Waals surface area (Å²) in [6, 6.07) is 6.87. The minimum absolute atomic E-state index is 0.115. The average molecular weight is 293 g/mol. The summed E-state index contributed by atoms with van der Waals surface area (Å²) in [7, 11) is 1.60. The van der Waals surface area contributed by atoms with Crippen molar-refractivity contribution in [1.82, 2.24) is 16.2 Å². The van der Waals surface area contributed by atoms with E-state index in [9.17, 15) is 9.59 Å². The van der Waals surface area contributed by atoms with Crippen molar-refractivity contribution < 1.29 is 14.3 Å². The molecule has 1 rings (SSSR count). The molecule has 0 aliphatic rings. The fraction of sp³-hybridized carbons (Fsp3) is 0.467. The molecule has 0 radical (unpaired) electrons. The van der Waals surface area contributed by atoms with Gasteiger partial charge in [0, 0.05) is 20.4 Å². The number of hydrazine groups is 1. The van der Waals surface area contributed by atoms with E-state index in [1.54, 1.807) is 7.05 Å². The van der Waals surface area contributed by atoms with Gasteiger partial charge in [0.25, 0.3) is 5.91 Å². The minimum atomic E-state index is -0.619. The zero-order valence-electron chi connectivity index (χ0n) is 12.9. The van der Waals surface area contributed by atoms with Crippen molar-refractivity contribution in [3.63, 3.8) is 0 Å². The summed E-state index contributed by atoms with van der Waals surface area (Å²) in [6.45, 7) is 5.31. The Morgan fingerprint density at radius 1 is 1.19 bits per heavy atom. The van der Waals surface area contributed by atoms with E-state index < -0.39 is 6.04 Å². The van der Waals surface area contributed by atoms with Crippen LogP contribution in [-0.4, -0.2) is 31.0 Å². The van der Waals surface area contributed by atoms with E-state index >= 15 is 0 Å². The van der Waals surface area contributed by atoms with Gasteiger partial charge in [-0.05, 0) is 31.5 Å². The van der Waals surface area contributed by atoms with Gasteiger partial charge in [0.05, 0.1) is 6.10 Å². The van der Waals surface area contributed by atoms with Crippen LogP contribution in [0.5, 0.6) is 5.75 Å². The van der Waals surface area contributed by atoms with E-state index in [4.69, 9.17) is 4.74 Å². The molecule has 1 atom stereocenters. The van der Waals surface area contributed by atoms with Gasteiger partial charge >= 0.3 is 0 Å². The molecular weight excluding hydrogens is 270 g/mol. The van der Waals surface area contributed by atoms with Crippen LogP contribution in [0, 0.1) is 0 Å². The van der Waals surface area contributed by atoms with Gasteiger partial charge in [-0.25, -0.2) is 5.43 Å². The molecule has 0 aliphatic carbocycles. The molecule has 0 bridgehead atoms. The Balaban J connectivity index is 2.73. The van der Waals surface area contributed by atoms with E-state index in [1.165, 1.54) is 6.92 Å². The zero-order valence-corrected chi connectivity index (χ0v) is 12.9. The molecule has 0 unspecified atom stereocenters. The lowest BCUT2D eigenvalue weighted by atomic mass is 10.1. The lowest BCUT2D eigenvalue weighted by molar-refractivity contribution is -0.128. The summed E-state index contributed by atoms with van der Waals surface area (Å²) in [5.74, 6) is 0.255. The second-order valence-electron chi connectivity index (χ2n) is 5.01. The first-order valence-corrected chi connectivity index (χ1v) is 6.91. The van der Waals surface area contributed by atoms with Crippen LogP contribution in [0.25, 0.3) is 0 Å². The summed E-state index contributed by atoms with van der Waals surface area (Å²) >= 11 is 0. The first-order chi connectivity index (χ1) is 9.92. The molecule has 0 saturated carbocycles. The number of rotatable bonds is 7. The van der Waals surface area contributed by atoms with Gasteiger partial charge in [-0.15, -0.1) is 0 Å². The summed E-state index contributed by atoms with van der Waals surface area (Å²) in [6.07, 6.45) is 0.527. The van der Waals surface area contributed by atoms with Crippen LogP contribution in [0.3, 0.4) is 0 Å². The molecule has 6 heteroatoms. The monoisotopic (exact) mass is 293 g/mol. The second kappa shape index (κ2) is 8.26. The predicted molar refractivity (Wildman–Crippen MR) is 80.7 cm³/mol. The highest BCUT2D eigenvalue weighted by atomic mass is 16.5. The Kier molecular flexibility index (Phi) is 6.68. The first-order valence-electron chi connectivity index (χ1n) is 6.91. The Hall–Kier alpha value is -2.08. The maximum absolute atomic E-state index is 11.9. The van der Waals surface area contributed by atoms with Crippen molar-refractivity contribution in [3.8, 4) is 5.75 Å². The van der Waals surface area contributed by atoms with Crippen LogP contribution < -0.4 is 20.9 Å². The number of amides is 2. The molecule has 116 valence electrons. The maximum atomic E-state index is 11.9. The van der Waals surface area contributed by atoms with E-state index in [1.807, 2.05) is 38.1 Å². The van der Waals surface area contributed by atoms with Crippen LogP contribution in [0.2, 0.25) is 0 Å². The average Bonchev–Trinajstić information content (AvgIpc) is 2.39. The van der Waals surface area contributed by atoms with E-state index in [2.05, 4.69) is 16.2 Å². The molecular formula is C15H23N3O3. The number of carbonyl (C=O) groups excluding carboxylic acids is 2. The van der Waals surface area contributed by atoms with Gasteiger partial charge in [-0.1, -0.05) is 12.1 Å². The molecule has 0 fully saturated rings. The third kappa shape index (κ3) is 6.27. The Morgan fingerprint density at radius 2 is 1.81 bits per heavy atom. The lowest BCUT2D eigenvalue weighted by Gasteiger charge is -2.17. The lowest BCUT2D eigenvalue weighted by Crippen LogP contribution is -2.50. The summed E-state index contributed by atoms with van der Waals surface area (Å²) in [5, 5.41) is 2.64. The molecule has 0 saturated heterocycles. The standard InChI is InChI=1S/C15H23N3O3/c1-10(2)21-13-7-5-12(6-8-13)9-14(17-11(3)19)15(20)18-16-4/h5-8,10,14,16H,9H2,1-4H3,(H,17,19)(H,18,20)/t14-/m1/s1. The van der Waals surface area contributed by atoms with Crippen molar-refractivity contribution in [2.24, 2.45) is 0 Å². The molecule has 0 spiro atoms. The summed E-state index contributed by atoms with van der Waals surface area (Å²) < 4.78 is 5.57. The van der Waals surface area contributed by atoms with Gasteiger partial charge < -0.3 is 10.1 Å². The zero-order chi connectivity index (χ0) is 15.8. The summed E-state index contributed by atoms with van der Waals surface area (Å²) in [5.41, 5.74) is 5.99. The van der Waals surface area contributed by atoms with Crippen molar-refractivity contribution in [2.75, 3.05) is 7.05 Å². The molecule has 0 aromatic heterocycles. The predicted octanol–water partition coefficient (Wildman–Crippen LogP) is 0.772. The van der Waals surface area contributed by atoms with Crippen LogP contribution in [0.1, 0.15) is 26.3 Å². The van der Waals surface area contributed by atoms with Crippen molar-refractivity contribution in [3.05, 3.63) is 29.8 Å². The van der Waals surface area contributed by atoms with E-state index in [-0.39, 0.29) is 17.9 Å². The highest BCUT2D eigenvalue weighted by molar-refractivity contribution is 5.86. The number of carbonyl (C=O) groups is 2. The highest BCUT2D eigenvalue weighted by Gasteiger charge is 2.19. The van der Waals surface area contributed by atoms with Crippen LogP contribution in [0.4, 0.5) is 0 Å². The van der Waals surface area contributed by atoms with Gasteiger partial charge in [-0.2, -0.15) is 0 Å².